The van der Waals surface area contributed by atoms with Gasteiger partial charge in [-0.15, -0.1) is 0 Å². The van der Waals surface area contributed by atoms with E-state index in [1.54, 1.807) is 7.05 Å². The van der Waals surface area contributed by atoms with Gasteiger partial charge in [0, 0.05) is 19.7 Å². The smallest absolute Gasteiger partial charge is 0.212 e. The van der Waals surface area contributed by atoms with Gasteiger partial charge in [0.05, 0.1) is 12.4 Å². The van der Waals surface area contributed by atoms with Crippen LogP contribution in [0.5, 0.6) is 0 Å². The Morgan fingerprint density at radius 1 is 1.47 bits per heavy atom. The zero-order chi connectivity index (χ0) is 11.1. The van der Waals surface area contributed by atoms with Gasteiger partial charge in [-0.3, -0.25) is 0 Å². The minimum Gasteiger partial charge on any atom is -0.381 e. The predicted octanol–water partition coefficient (Wildman–Crippen LogP) is -0.448. The van der Waals surface area contributed by atoms with Gasteiger partial charge in [0.1, 0.15) is 0 Å². The predicted molar refractivity (Wildman–Crippen MR) is 59.3 cm³/mol. The first-order valence-corrected chi connectivity index (χ1v) is 6.99. The van der Waals surface area contributed by atoms with E-state index in [1.807, 2.05) is 0 Å². The second-order valence-electron chi connectivity index (χ2n) is 3.85. The third kappa shape index (κ3) is 5.46. The van der Waals surface area contributed by atoms with Crippen LogP contribution >= 0.6 is 0 Å². The molecule has 1 saturated heterocycles. The quantitative estimate of drug-likeness (QED) is 0.655. The highest BCUT2D eigenvalue weighted by Gasteiger charge is 2.17. The van der Waals surface area contributed by atoms with Crippen molar-refractivity contribution in [3.63, 3.8) is 0 Å². The van der Waals surface area contributed by atoms with Crippen LogP contribution in [0.15, 0.2) is 0 Å². The summed E-state index contributed by atoms with van der Waals surface area (Å²) in [4.78, 5) is 0. The Bertz CT molecular complexity index is 261. The van der Waals surface area contributed by atoms with E-state index in [9.17, 15) is 8.42 Å². The summed E-state index contributed by atoms with van der Waals surface area (Å²) in [7, 11) is -1.37. The van der Waals surface area contributed by atoms with E-state index in [2.05, 4.69) is 10.0 Å². The first-order chi connectivity index (χ1) is 7.14. The van der Waals surface area contributed by atoms with Crippen molar-refractivity contribution in [1.29, 1.82) is 0 Å². The molecule has 1 heterocycles. The van der Waals surface area contributed by atoms with Crippen molar-refractivity contribution in [2.45, 2.75) is 12.8 Å². The number of sulfonamides is 1. The van der Waals surface area contributed by atoms with E-state index in [-0.39, 0.29) is 5.75 Å². The van der Waals surface area contributed by atoms with Crippen LogP contribution in [-0.4, -0.2) is 47.5 Å². The van der Waals surface area contributed by atoms with Crippen molar-refractivity contribution in [2.24, 2.45) is 5.92 Å². The minimum absolute atomic E-state index is 0.136. The summed E-state index contributed by atoms with van der Waals surface area (Å²) in [5.74, 6) is 0.472. The fourth-order valence-corrected chi connectivity index (χ4v) is 2.63. The number of hydrogen-bond acceptors (Lipinski definition) is 4. The van der Waals surface area contributed by atoms with E-state index in [4.69, 9.17) is 4.74 Å². The van der Waals surface area contributed by atoms with Crippen molar-refractivity contribution < 1.29 is 13.2 Å². The standard InChI is InChI=1S/C9H20N2O3S/c1-10-4-6-15(12,13)11-7-9-3-2-5-14-8-9/h9-11H,2-8H2,1H3. The Balaban J connectivity index is 2.22. The molecule has 1 unspecified atom stereocenters. The van der Waals surface area contributed by atoms with E-state index in [0.717, 1.165) is 19.4 Å². The third-order valence-electron chi connectivity index (χ3n) is 2.47. The molecule has 0 saturated carbocycles. The van der Waals surface area contributed by atoms with Crippen molar-refractivity contribution in [2.75, 3.05) is 39.1 Å². The van der Waals surface area contributed by atoms with E-state index < -0.39 is 10.0 Å². The molecule has 1 fully saturated rings. The highest BCUT2D eigenvalue weighted by atomic mass is 32.2. The van der Waals surface area contributed by atoms with Crippen molar-refractivity contribution in [3.8, 4) is 0 Å². The van der Waals surface area contributed by atoms with Gasteiger partial charge in [0.15, 0.2) is 0 Å². The fourth-order valence-electron chi connectivity index (χ4n) is 1.52. The molecule has 1 aliphatic rings. The summed E-state index contributed by atoms with van der Waals surface area (Å²) < 4.78 is 30.8. The Morgan fingerprint density at radius 3 is 2.87 bits per heavy atom. The molecule has 5 nitrogen and oxygen atoms in total. The summed E-state index contributed by atoms with van der Waals surface area (Å²) >= 11 is 0. The summed E-state index contributed by atoms with van der Waals surface area (Å²) in [5.41, 5.74) is 0. The molecule has 6 heteroatoms. The van der Waals surface area contributed by atoms with Crippen LogP contribution in [0, 0.1) is 5.92 Å². The molecule has 0 bridgehead atoms. The summed E-state index contributed by atoms with van der Waals surface area (Å²) in [5, 5.41) is 2.82. The van der Waals surface area contributed by atoms with Crippen LogP contribution in [0.3, 0.4) is 0 Å². The first kappa shape index (κ1) is 12.9. The highest BCUT2D eigenvalue weighted by molar-refractivity contribution is 7.89. The summed E-state index contributed by atoms with van der Waals surface area (Å²) in [6, 6.07) is 0. The molecule has 0 aliphatic carbocycles. The van der Waals surface area contributed by atoms with Gasteiger partial charge in [-0.1, -0.05) is 0 Å². The lowest BCUT2D eigenvalue weighted by molar-refractivity contribution is 0.0568. The first-order valence-electron chi connectivity index (χ1n) is 5.34. The van der Waals surface area contributed by atoms with Gasteiger partial charge in [-0.25, -0.2) is 13.1 Å². The largest absolute Gasteiger partial charge is 0.381 e. The van der Waals surface area contributed by atoms with Gasteiger partial charge >= 0.3 is 0 Å². The molecule has 0 aromatic heterocycles. The van der Waals surface area contributed by atoms with Gasteiger partial charge in [0.2, 0.25) is 10.0 Å². The summed E-state index contributed by atoms with van der Waals surface area (Å²) in [6.45, 7) is 2.47. The lowest BCUT2D eigenvalue weighted by Gasteiger charge is -2.22. The molecular formula is C9H20N2O3S. The second-order valence-corrected chi connectivity index (χ2v) is 5.78. The van der Waals surface area contributed by atoms with E-state index in [0.29, 0.717) is 25.6 Å². The van der Waals surface area contributed by atoms with E-state index in [1.165, 1.54) is 0 Å². The Labute approximate surface area is 91.6 Å². The molecule has 15 heavy (non-hydrogen) atoms. The normalized spacial score (nSPS) is 22.9. The molecule has 0 amide bonds. The highest BCUT2D eigenvalue weighted by Crippen LogP contribution is 2.12. The van der Waals surface area contributed by atoms with Crippen LogP contribution in [0.25, 0.3) is 0 Å². The van der Waals surface area contributed by atoms with Crippen molar-refractivity contribution >= 4 is 10.0 Å². The van der Waals surface area contributed by atoms with Crippen molar-refractivity contribution in [3.05, 3.63) is 0 Å². The molecule has 1 rings (SSSR count). The maximum Gasteiger partial charge on any atom is 0.212 e. The number of rotatable bonds is 6. The molecular weight excluding hydrogens is 216 g/mol. The molecule has 0 aromatic rings. The van der Waals surface area contributed by atoms with Crippen LogP contribution in [0.2, 0.25) is 0 Å². The van der Waals surface area contributed by atoms with Gasteiger partial charge < -0.3 is 10.1 Å². The molecule has 90 valence electrons. The van der Waals surface area contributed by atoms with Crippen LogP contribution < -0.4 is 10.0 Å². The monoisotopic (exact) mass is 236 g/mol. The average Bonchev–Trinajstić information content (AvgIpc) is 2.25. The lowest BCUT2D eigenvalue weighted by atomic mass is 10.0. The minimum atomic E-state index is -3.11. The molecule has 2 N–H and O–H groups in total. The van der Waals surface area contributed by atoms with Crippen molar-refractivity contribution in [1.82, 2.24) is 10.0 Å². The maximum absolute atomic E-state index is 11.4. The molecule has 1 atom stereocenters. The fraction of sp³-hybridized carbons (Fsp3) is 1.00. The Morgan fingerprint density at radius 2 is 2.27 bits per heavy atom. The zero-order valence-electron chi connectivity index (χ0n) is 9.16. The molecule has 1 aliphatic heterocycles. The average molecular weight is 236 g/mol. The SMILES string of the molecule is CNCCS(=O)(=O)NCC1CCCOC1. The lowest BCUT2D eigenvalue weighted by Crippen LogP contribution is -2.36. The summed E-state index contributed by atoms with van der Waals surface area (Å²) in [6.07, 6.45) is 2.08. The van der Waals surface area contributed by atoms with Crippen LogP contribution in [-0.2, 0) is 14.8 Å². The Kier molecular flexibility index (Phi) is 5.52. The van der Waals surface area contributed by atoms with E-state index >= 15 is 0 Å². The molecule has 0 radical (unpaired) electrons. The van der Waals surface area contributed by atoms with Gasteiger partial charge in [-0.2, -0.15) is 0 Å². The Hall–Kier alpha value is -0.170. The number of ether oxygens (including phenoxy) is 1. The maximum atomic E-state index is 11.4. The molecule has 0 spiro atoms. The third-order valence-corrected chi connectivity index (χ3v) is 3.82. The van der Waals surface area contributed by atoms with Gasteiger partial charge in [-0.05, 0) is 25.8 Å². The van der Waals surface area contributed by atoms with Crippen LogP contribution in [0.1, 0.15) is 12.8 Å². The zero-order valence-corrected chi connectivity index (χ0v) is 9.98. The molecule has 0 aromatic carbocycles. The topological polar surface area (TPSA) is 67.4 Å². The number of hydrogen-bond donors (Lipinski definition) is 2. The van der Waals surface area contributed by atoms with Gasteiger partial charge in [0.25, 0.3) is 0 Å². The number of nitrogens with one attached hydrogen (secondary N) is 2. The second kappa shape index (κ2) is 6.42. The van der Waals surface area contributed by atoms with Crippen LogP contribution in [0.4, 0.5) is 0 Å².